The van der Waals surface area contributed by atoms with Gasteiger partial charge in [-0.05, 0) is 125 Å². The third-order valence-electron chi connectivity index (χ3n) is 10.9. The molecular formula is C50H44. The highest BCUT2D eigenvalue weighted by Gasteiger charge is 2.28. The minimum atomic E-state index is 0.965. The van der Waals surface area contributed by atoms with Crippen LogP contribution in [0.25, 0.3) is 76.8 Å². The Kier molecular flexibility index (Phi) is 8.55. The molecule has 8 aromatic rings. The van der Waals surface area contributed by atoms with Gasteiger partial charge in [-0.1, -0.05) is 173 Å². The molecular weight excluding hydrogens is 601 g/mol. The van der Waals surface area contributed by atoms with Gasteiger partial charge in [-0.15, -0.1) is 0 Å². The minimum absolute atomic E-state index is 0.965. The van der Waals surface area contributed by atoms with Crippen molar-refractivity contribution in [2.75, 3.05) is 0 Å². The maximum Gasteiger partial charge on any atom is -0.000118 e. The molecule has 0 radical (unpaired) electrons. The van der Waals surface area contributed by atoms with Gasteiger partial charge in [0, 0.05) is 0 Å². The van der Waals surface area contributed by atoms with Crippen molar-refractivity contribution in [1.29, 1.82) is 0 Å². The number of rotatable bonds is 8. The summed E-state index contributed by atoms with van der Waals surface area (Å²) in [5.41, 5.74) is 16.2. The van der Waals surface area contributed by atoms with E-state index in [9.17, 15) is 0 Å². The van der Waals surface area contributed by atoms with Gasteiger partial charge in [-0.2, -0.15) is 0 Å². The van der Waals surface area contributed by atoms with Crippen molar-refractivity contribution in [3.8, 4) is 44.5 Å². The van der Waals surface area contributed by atoms with Gasteiger partial charge in [0.15, 0.2) is 0 Å². The van der Waals surface area contributed by atoms with Crippen molar-refractivity contribution in [2.45, 2.75) is 53.4 Å². The van der Waals surface area contributed by atoms with Crippen LogP contribution < -0.4 is 0 Å². The van der Waals surface area contributed by atoms with Gasteiger partial charge in [0.25, 0.3) is 0 Å². The van der Waals surface area contributed by atoms with E-state index < -0.39 is 0 Å². The van der Waals surface area contributed by atoms with Gasteiger partial charge in [-0.3, -0.25) is 0 Å². The van der Waals surface area contributed by atoms with Crippen molar-refractivity contribution in [3.05, 3.63) is 168 Å². The van der Waals surface area contributed by atoms with Crippen molar-refractivity contribution < 1.29 is 0 Å². The summed E-state index contributed by atoms with van der Waals surface area (Å²) in [4.78, 5) is 0. The summed E-state index contributed by atoms with van der Waals surface area (Å²) in [6.45, 7) is 9.17. The maximum absolute atomic E-state index is 2.37. The Hall–Kier alpha value is -5.46. The molecule has 0 saturated carbocycles. The molecule has 0 unspecified atom stereocenters. The second-order valence-corrected chi connectivity index (χ2v) is 13.4. The van der Waals surface area contributed by atoms with Crippen LogP contribution >= 0.6 is 0 Å². The quantitative estimate of drug-likeness (QED) is 0.144. The molecule has 0 nitrogen and oxygen atoms in total. The number of benzene rings is 8. The van der Waals surface area contributed by atoms with E-state index in [0.717, 1.165) is 25.7 Å². The monoisotopic (exact) mass is 644 g/mol. The van der Waals surface area contributed by atoms with Crippen LogP contribution in [0.2, 0.25) is 0 Å². The van der Waals surface area contributed by atoms with Gasteiger partial charge in [0.2, 0.25) is 0 Å². The first-order valence-electron chi connectivity index (χ1n) is 18.5. The van der Waals surface area contributed by atoms with Crippen LogP contribution in [0.4, 0.5) is 0 Å². The van der Waals surface area contributed by atoms with E-state index in [0.29, 0.717) is 0 Å². The van der Waals surface area contributed by atoms with Crippen LogP contribution in [0.3, 0.4) is 0 Å². The number of hydrogen-bond donors (Lipinski definition) is 0. The third kappa shape index (κ3) is 5.05. The summed E-state index contributed by atoms with van der Waals surface area (Å²) in [7, 11) is 0. The zero-order valence-electron chi connectivity index (χ0n) is 29.7. The van der Waals surface area contributed by atoms with Gasteiger partial charge < -0.3 is 0 Å². The lowest BCUT2D eigenvalue weighted by molar-refractivity contribution is 1.14. The molecule has 0 heteroatoms. The Bertz CT molecular complexity index is 2180. The van der Waals surface area contributed by atoms with Crippen LogP contribution in [-0.4, -0.2) is 0 Å². The molecule has 0 spiro atoms. The van der Waals surface area contributed by atoms with E-state index in [4.69, 9.17) is 0 Å². The van der Waals surface area contributed by atoms with Crippen LogP contribution in [0.15, 0.2) is 146 Å². The van der Waals surface area contributed by atoms with E-state index in [1.54, 1.807) is 0 Å². The zero-order valence-corrected chi connectivity index (χ0v) is 29.7. The molecule has 0 aliphatic carbocycles. The van der Waals surface area contributed by atoms with Gasteiger partial charge >= 0.3 is 0 Å². The molecule has 0 atom stereocenters. The molecule has 0 saturated heterocycles. The third-order valence-corrected chi connectivity index (χ3v) is 10.9. The number of aryl methyl sites for hydroxylation is 4. The lowest BCUT2D eigenvalue weighted by atomic mass is 9.75. The van der Waals surface area contributed by atoms with Crippen LogP contribution in [0.5, 0.6) is 0 Å². The van der Waals surface area contributed by atoms with Crippen molar-refractivity contribution in [2.24, 2.45) is 0 Å². The Morgan fingerprint density at radius 3 is 0.680 bits per heavy atom. The van der Waals surface area contributed by atoms with Gasteiger partial charge in [0.1, 0.15) is 0 Å². The largest absolute Gasteiger partial charge is 0.0620 e. The van der Waals surface area contributed by atoms with E-state index in [-0.39, 0.29) is 0 Å². The number of hydrogen-bond acceptors (Lipinski definition) is 0. The Morgan fingerprint density at radius 2 is 0.460 bits per heavy atom. The molecule has 0 N–H and O–H groups in total. The average Bonchev–Trinajstić information content (AvgIpc) is 3.19. The Balaban J connectivity index is 1.80. The van der Waals surface area contributed by atoms with Crippen LogP contribution in [0.1, 0.15) is 49.9 Å². The van der Waals surface area contributed by atoms with Gasteiger partial charge in [-0.25, -0.2) is 0 Å². The van der Waals surface area contributed by atoms with E-state index in [1.807, 2.05) is 0 Å². The molecule has 0 bridgehead atoms. The molecule has 244 valence electrons. The second kappa shape index (κ2) is 13.4. The highest BCUT2D eigenvalue weighted by molar-refractivity contribution is 6.34. The molecule has 0 heterocycles. The first-order chi connectivity index (χ1) is 24.7. The van der Waals surface area contributed by atoms with Crippen molar-refractivity contribution in [1.82, 2.24) is 0 Å². The summed E-state index contributed by atoms with van der Waals surface area (Å²) in [6.07, 6.45) is 3.86. The molecule has 0 aromatic heterocycles. The summed E-state index contributed by atoms with van der Waals surface area (Å²) in [5, 5.41) is 7.94. The fraction of sp³-hybridized carbons (Fsp3) is 0.160. The maximum atomic E-state index is 2.37. The topological polar surface area (TPSA) is 0 Å². The Labute approximate surface area is 297 Å². The van der Waals surface area contributed by atoms with Crippen molar-refractivity contribution in [3.63, 3.8) is 0 Å². The van der Waals surface area contributed by atoms with Gasteiger partial charge in [0.05, 0.1) is 0 Å². The summed E-state index contributed by atoms with van der Waals surface area (Å²) in [5.74, 6) is 0. The summed E-state index contributed by atoms with van der Waals surface area (Å²) >= 11 is 0. The first kappa shape index (κ1) is 31.8. The molecule has 0 aliphatic rings. The Morgan fingerprint density at radius 1 is 0.260 bits per heavy atom. The highest BCUT2D eigenvalue weighted by Crippen LogP contribution is 2.55. The predicted octanol–water partition coefficient (Wildman–Crippen LogP) is 14.1. The van der Waals surface area contributed by atoms with Crippen LogP contribution in [0, 0.1) is 0 Å². The molecule has 8 aromatic carbocycles. The smallest absolute Gasteiger partial charge is 0.000118 e. The fourth-order valence-electron chi connectivity index (χ4n) is 8.54. The van der Waals surface area contributed by atoms with E-state index in [2.05, 4.69) is 173 Å². The molecule has 0 aliphatic heterocycles. The fourth-order valence-corrected chi connectivity index (χ4v) is 8.54. The lowest BCUT2D eigenvalue weighted by Crippen LogP contribution is -2.01. The highest BCUT2D eigenvalue weighted by atomic mass is 14.3. The second-order valence-electron chi connectivity index (χ2n) is 13.4. The average molecular weight is 645 g/mol. The standard InChI is InChI=1S/C50H44/c1-5-33-21-9-13-25-37(33)45-41-29-17-18-30-42(41)47(39-27-15-11-23-35(39)7-3)50-48(40-28-16-12-24-36(40)8-4)44-32-20-19-31-43(44)46(49(45)50)38-26-14-10-22-34(38)6-2/h9-32H,5-8H2,1-4H3. The lowest BCUT2D eigenvalue weighted by Gasteiger charge is -2.27. The molecule has 0 fully saturated rings. The minimum Gasteiger partial charge on any atom is -0.0620 e. The van der Waals surface area contributed by atoms with E-state index in [1.165, 1.54) is 99.1 Å². The molecule has 50 heavy (non-hydrogen) atoms. The molecule has 8 rings (SSSR count). The summed E-state index contributed by atoms with van der Waals surface area (Å²) < 4.78 is 0. The SMILES string of the molecule is CCc1ccccc1-c1c2ccccc2c(-c2ccccc2CC)c2c(-c3ccccc3CC)c3ccccc3c(-c3ccccc3CC)c12. The zero-order chi connectivity index (χ0) is 34.2. The van der Waals surface area contributed by atoms with Crippen LogP contribution in [-0.2, 0) is 25.7 Å². The number of fused-ring (bicyclic) bond motifs is 3. The summed E-state index contributed by atoms with van der Waals surface area (Å²) in [6, 6.07) is 54.9. The first-order valence-corrected chi connectivity index (χ1v) is 18.5. The van der Waals surface area contributed by atoms with E-state index >= 15 is 0 Å². The predicted molar refractivity (Wildman–Crippen MR) is 218 cm³/mol. The van der Waals surface area contributed by atoms with Crippen molar-refractivity contribution >= 4 is 32.3 Å². The molecule has 0 amide bonds. The normalized spacial score (nSPS) is 11.5.